The summed E-state index contributed by atoms with van der Waals surface area (Å²) in [6.07, 6.45) is 6.10. The number of rotatable bonds is 3. The standard InChI is InChI=1S/C9H17N5/c1-14-7-3-2-4-8(14)5-6-9-10-12-13-11-9/h8H,2-7H2,1H3,(H,10,11,12,13). The van der Waals surface area contributed by atoms with Crippen LogP contribution in [-0.4, -0.2) is 45.2 Å². The van der Waals surface area contributed by atoms with Gasteiger partial charge in [0.2, 0.25) is 0 Å². The van der Waals surface area contributed by atoms with Gasteiger partial charge in [0, 0.05) is 12.5 Å². The molecule has 1 atom stereocenters. The third-order valence-corrected chi connectivity index (χ3v) is 3.01. The fourth-order valence-corrected chi connectivity index (χ4v) is 2.09. The van der Waals surface area contributed by atoms with Gasteiger partial charge in [0.25, 0.3) is 0 Å². The number of hydrogen-bond acceptors (Lipinski definition) is 4. The topological polar surface area (TPSA) is 57.7 Å². The lowest BCUT2D eigenvalue weighted by Gasteiger charge is -2.32. The van der Waals surface area contributed by atoms with E-state index in [4.69, 9.17) is 0 Å². The molecule has 0 radical (unpaired) electrons. The van der Waals surface area contributed by atoms with Crippen LogP contribution in [0.25, 0.3) is 0 Å². The van der Waals surface area contributed by atoms with Crippen LogP contribution >= 0.6 is 0 Å². The predicted molar refractivity (Wildman–Crippen MR) is 52.8 cm³/mol. The molecule has 1 aliphatic rings. The van der Waals surface area contributed by atoms with E-state index < -0.39 is 0 Å². The van der Waals surface area contributed by atoms with Gasteiger partial charge in [-0.25, -0.2) is 0 Å². The molecule has 14 heavy (non-hydrogen) atoms. The van der Waals surface area contributed by atoms with Crippen LogP contribution in [0, 0.1) is 0 Å². The molecule has 1 aromatic rings. The fraction of sp³-hybridized carbons (Fsp3) is 0.889. The summed E-state index contributed by atoms with van der Waals surface area (Å²) in [5.41, 5.74) is 0. The molecule has 1 aromatic heterocycles. The Bertz CT molecular complexity index is 258. The van der Waals surface area contributed by atoms with Crippen LogP contribution in [0.2, 0.25) is 0 Å². The maximum Gasteiger partial charge on any atom is 0.174 e. The van der Waals surface area contributed by atoms with Gasteiger partial charge in [0.05, 0.1) is 0 Å². The summed E-state index contributed by atoms with van der Waals surface area (Å²) < 4.78 is 0. The van der Waals surface area contributed by atoms with Crippen molar-refractivity contribution in [3.8, 4) is 0 Å². The first-order valence-corrected chi connectivity index (χ1v) is 5.29. The summed E-state index contributed by atoms with van der Waals surface area (Å²) in [5.74, 6) is 0.837. The van der Waals surface area contributed by atoms with E-state index in [1.807, 2.05) is 0 Å². The average molecular weight is 195 g/mol. The number of piperidine rings is 1. The first kappa shape index (κ1) is 9.58. The van der Waals surface area contributed by atoms with Gasteiger partial charge < -0.3 is 4.90 Å². The van der Waals surface area contributed by atoms with Crippen molar-refractivity contribution in [1.29, 1.82) is 0 Å². The normalized spacial score (nSPS) is 23.9. The van der Waals surface area contributed by atoms with Crippen molar-refractivity contribution in [3.63, 3.8) is 0 Å². The molecule has 1 aliphatic heterocycles. The molecular weight excluding hydrogens is 178 g/mol. The second-order valence-corrected chi connectivity index (χ2v) is 4.00. The Hall–Kier alpha value is -0.970. The summed E-state index contributed by atoms with van der Waals surface area (Å²) in [7, 11) is 2.21. The molecule has 0 aromatic carbocycles. The third-order valence-electron chi connectivity index (χ3n) is 3.01. The Morgan fingerprint density at radius 3 is 3.14 bits per heavy atom. The van der Waals surface area contributed by atoms with Crippen LogP contribution in [0.5, 0.6) is 0 Å². The minimum Gasteiger partial charge on any atom is -0.303 e. The van der Waals surface area contributed by atoms with Gasteiger partial charge in [-0.3, -0.25) is 0 Å². The molecular formula is C9H17N5. The highest BCUT2D eigenvalue weighted by Gasteiger charge is 2.18. The average Bonchev–Trinajstić information content (AvgIpc) is 2.69. The van der Waals surface area contributed by atoms with E-state index in [1.54, 1.807) is 0 Å². The second-order valence-electron chi connectivity index (χ2n) is 4.00. The fourth-order valence-electron chi connectivity index (χ4n) is 2.09. The van der Waals surface area contributed by atoms with Gasteiger partial charge >= 0.3 is 0 Å². The quantitative estimate of drug-likeness (QED) is 0.768. The van der Waals surface area contributed by atoms with Crippen molar-refractivity contribution >= 4 is 0 Å². The Morgan fingerprint density at radius 1 is 1.50 bits per heavy atom. The maximum absolute atomic E-state index is 3.96. The van der Waals surface area contributed by atoms with Crippen molar-refractivity contribution < 1.29 is 0 Å². The minimum absolute atomic E-state index is 0.710. The number of nitrogens with one attached hydrogen (secondary N) is 1. The van der Waals surface area contributed by atoms with Crippen molar-refractivity contribution in [2.45, 2.75) is 38.1 Å². The van der Waals surface area contributed by atoms with Crippen LogP contribution < -0.4 is 0 Å². The number of hydrogen-bond donors (Lipinski definition) is 1. The lowest BCUT2D eigenvalue weighted by molar-refractivity contribution is 0.176. The van der Waals surface area contributed by atoms with Crippen LogP contribution in [-0.2, 0) is 6.42 Å². The van der Waals surface area contributed by atoms with E-state index in [-0.39, 0.29) is 0 Å². The molecule has 0 bridgehead atoms. The maximum atomic E-state index is 3.96. The van der Waals surface area contributed by atoms with Crippen LogP contribution in [0.15, 0.2) is 0 Å². The number of tetrazole rings is 1. The third kappa shape index (κ3) is 2.29. The van der Waals surface area contributed by atoms with E-state index in [0.29, 0.717) is 6.04 Å². The first-order valence-electron chi connectivity index (χ1n) is 5.29. The number of nitrogens with zero attached hydrogens (tertiary/aromatic N) is 4. The molecule has 0 aliphatic carbocycles. The van der Waals surface area contributed by atoms with Crippen molar-refractivity contribution in [3.05, 3.63) is 5.82 Å². The highest BCUT2D eigenvalue weighted by atomic mass is 15.5. The molecule has 5 nitrogen and oxygen atoms in total. The SMILES string of the molecule is CN1CCCCC1CCc1nn[nH]n1. The number of aryl methyl sites for hydroxylation is 1. The van der Waals surface area contributed by atoms with Crippen LogP contribution in [0.3, 0.4) is 0 Å². The first-order chi connectivity index (χ1) is 6.86. The van der Waals surface area contributed by atoms with Crippen LogP contribution in [0.4, 0.5) is 0 Å². The molecule has 0 saturated carbocycles. The van der Waals surface area contributed by atoms with E-state index in [1.165, 1.54) is 25.8 Å². The van der Waals surface area contributed by atoms with Gasteiger partial charge in [0.15, 0.2) is 5.82 Å². The van der Waals surface area contributed by atoms with Gasteiger partial charge in [-0.1, -0.05) is 11.6 Å². The number of aromatic nitrogens is 4. The molecule has 0 spiro atoms. The molecule has 1 N–H and O–H groups in total. The summed E-state index contributed by atoms with van der Waals surface area (Å²) in [6.45, 7) is 1.23. The van der Waals surface area contributed by atoms with Gasteiger partial charge in [-0.15, -0.1) is 10.2 Å². The number of likely N-dealkylation sites (tertiary alicyclic amines) is 1. The predicted octanol–water partition coefficient (Wildman–Crippen LogP) is 0.617. The molecule has 1 unspecified atom stereocenters. The molecule has 5 heteroatoms. The van der Waals surface area contributed by atoms with Gasteiger partial charge in [0.1, 0.15) is 0 Å². The van der Waals surface area contributed by atoms with Crippen molar-refractivity contribution in [1.82, 2.24) is 25.5 Å². The largest absolute Gasteiger partial charge is 0.303 e. The molecule has 78 valence electrons. The minimum atomic E-state index is 0.710. The van der Waals surface area contributed by atoms with Crippen molar-refractivity contribution in [2.24, 2.45) is 0 Å². The van der Waals surface area contributed by atoms with E-state index >= 15 is 0 Å². The van der Waals surface area contributed by atoms with Crippen LogP contribution in [0.1, 0.15) is 31.5 Å². The molecule has 1 fully saturated rings. The molecule has 0 amide bonds. The summed E-state index contributed by atoms with van der Waals surface area (Å²) >= 11 is 0. The van der Waals surface area contributed by atoms with E-state index in [0.717, 1.165) is 18.7 Å². The Kier molecular flexibility index (Phi) is 3.08. The lowest BCUT2D eigenvalue weighted by Crippen LogP contribution is -2.36. The summed E-state index contributed by atoms with van der Waals surface area (Å²) in [5, 5.41) is 14.0. The zero-order valence-corrected chi connectivity index (χ0v) is 8.61. The van der Waals surface area contributed by atoms with E-state index in [2.05, 4.69) is 32.6 Å². The zero-order chi connectivity index (χ0) is 9.80. The summed E-state index contributed by atoms with van der Waals surface area (Å²) in [4.78, 5) is 2.45. The second kappa shape index (κ2) is 4.50. The number of aromatic amines is 1. The highest BCUT2D eigenvalue weighted by molar-refractivity contribution is 4.82. The smallest absolute Gasteiger partial charge is 0.174 e. The van der Waals surface area contributed by atoms with E-state index in [9.17, 15) is 0 Å². The zero-order valence-electron chi connectivity index (χ0n) is 8.61. The van der Waals surface area contributed by atoms with Gasteiger partial charge in [-0.05, 0) is 32.9 Å². The number of H-pyrrole nitrogens is 1. The highest BCUT2D eigenvalue weighted by Crippen LogP contribution is 2.18. The Morgan fingerprint density at radius 2 is 2.43 bits per heavy atom. The molecule has 1 saturated heterocycles. The van der Waals surface area contributed by atoms with Gasteiger partial charge in [-0.2, -0.15) is 5.21 Å². The Labute approximate surface area is 83.9 Å². The Balaban J connectivity index is 1.79. The lowest BCUT2D eigenvalue weighted by atomic mass is 9.99. The van der Waals surface area contributed by atoms with Crippen molar-refractivity contribution in [2.75, 3.05) is 13.6 Å². The monoisotopic (exact) mass is 195 g/mol. The summed E-state index contributed by atoms with van der Waals surface area (Å²) in [6, 6.07) is 0.710. The molecule has 2 rings (SSSR count). The molecule has 2 heterocycles.